The highest BCUT2D eigenvalue weighted by Crippen LogP contribution is 2.23. The summed E-state index contributed by atoms with van der Waals surface area (Å²) in [6.07, 6.45) is -4.23. The van der Waals surface area contributed by atoms with E-state index < -0.39 is 12.6 Å². The van der Waals surface area contributed by atoms with Gasteiger partial charge in [-0.05, 0) is 25.0 Å². The van der Waals surface area contributed by atoms with E-state index in [4.69, 9.17) is 11.6 Å². The summed E-state index contributed by atoms with van der Waals surface area (Å²) in [7, 11) is 3.52. The summed E-state index contributed by atoms with van der Waals surface area (Å²) in [5, 5.41) is 3.06. The van der Waals surface area contributed by atoms with Crippen molar-refractivity contribution >= 4 is 52.9 Å². The van der Waals surface area contributed by atoms with Crippen LogP contribution in [0, 0.1) is 0 Å². The Labute approximate surface area is 155 Å². The molecule has 0 saturated carbocycles. The second-order valence-electron chi connectivity index (χ2n) is 4.61. The van der Waals surface area contributed by atoms with Crippen molar-refractivity contribution in [2.45, 2.75) is 32.0 Å². The molecule has 9 heteroatoms. The van der Waals surface area contributed by atoms with E-state index in [0.717, 1.165) is 9.21 Å². The SMILES string of the molecule is CN=C(NCCCCC(F)(F)F)N(C)Cc1ccc(Cl)s1.I. The molecule has 0 bridgehead atoms. The summed E-state index contributed by atoms with van der Waals surface area (Å²) in [6, 6.07) is 3.78. The lowest BCUT2D eigenvalue weighted by Gasteiger charge is -2.21. The third-order valence-corrected chi connectivity index (χ3v) is 3.98. The number of hydrogen-bond acceptors (Lipinski definition) is 2. The van der Waals surface area contributed by atoms with Gasteiger partial charge >= 0.3 is 6.18 Å². The Morgan fingerprint density at radius 1 is 1.36 bits per heavy atom. The fraction of sp³-hybridized carbons (Fsp3) is 0.615. The number of halogens is 5. The Kier molecular flexibility index (Phi) is 10.4. The molecule has 1 aromatic rings. The van der Waals surface area contributed by atoms with Crippen LogP contribution >= 0.6 is 46.9 Å². The number of nitrogens with one attached hydrogen (secondary N) is 1. The van der Waals surface area contributed by atoms with Crippen molar-refractivity contribution < 1.29 is 13.2 Å². The van der Waals surface area contributed by atoms with E-state index in [2.05, 4.69) is 10.3 Å². The first-order valence-corrected chi connectivity index (χ1v) is 7.74. The Balaban J connectivity index is 0.00000441. The number of aliphatic imine (C=N–C) groups is 1. The topological polar surface area (TPSA) is 27.6 Å². The number of nitrogens with zero attached hydrogens (tertiary/aromatic N) is 2. The van der Waals surface area contributed by atoms with Crippen LogP contribution in [0.5, 0.6) is 0 Å². The van der Waals surface area contributed by atoms with Gasteiger partial charge in [-0.1, -0.05) is 11.6 Å². The first kappa shape index (κ1) is 21.8. The molecule has 0 aliphatic rings. The van der Waals surface area contributed by atoms with Gasteiger partial charge in [-0.25, -0.2) is 0 Å². The molecule has 0 atom stereocenters. The lowest BCUT2D eigenvalue weighted by atomic mass is 10.2. The highest BCUT2D eigenvalue weighted by Gasteiger charge is 2.25. The Bertz CT molecular complexity index is 466. The molecule has 22 heavy (non-hydrogen) atoms. The summed E-state index contributed by atoms with van der Waals surface area (Å²) >= 11 is 7.37. The standard InChI is InChI=1S/C13H19ClF3N3S.HI/c1-18-12(19-8-4-3-7-13(15,16)17)20(2)9-10-5-6-11(14)21-10;/h5-6H,3-4,7-9H2,1-2H3,(H,18,19);1H. The zero-order valence-electron chi connectivity index (χ0n) is 12.4. The van der Waals surface area contributed by atoms with Gasteiger partial charge in [0.2, 0.25) is 0 Å². The van der Waals surface area contributed by atoms with Crippen LogP contribution in [0.1, 0.15) is 24.1 Å². The van der Waals surface area contributed by atoms with Crippen molar-refractivity contribution in [2.75, 3.05) is 20.6 Å². The van der Waals surface area contributed by atoms with Crippen molar-refractivity contribution in [2.24, 2.45) is 4.99 Å². The fourth-order valence-corrected chi connectivity index (χ4v) is 2.92. The average Bonchev–Trinajstić information content (AvgIpc) is 2.77. The fourth-order valence-electron chi connectivity index (χ4n) is 1.78. The van der Waals surface area contributed by atoms with Crippen molar-refractivity contribution in [1.29, 1.82) is 0 Å². The van der Waals surface area contributed by atoms with Gasteiger partial charge in [-0.2, -0.15) is 13.2 Å². The van der Waals surface area contributed by atoms with Crippen LogP contribution in [0.4, 0.5) is 13.2 Å². The smallest absolute Gasteiger partial charge is 0.356 e. The van der Waals surface area contributed by atoms with E-state index in [9.17, 15) is 13.2 Å². The summed E-state index contributed by atoms with van der Waals surface area (Å²) in [5.41, 5.74) is 0. The minimum atomic E-state index is -4.07. The van der Waals surface area contributed by atoms with Crippen LogP contribution in [0.3, 0.4) is 0 Å². The first-order chi connectivity index (χ1) is 9.81. The molecule has 0 radical (unpaired) electrons. The Morgan fingerprint density at radius 2 is 2.05 bits per heavy atom. The largest absolute Gasteiger partial charge is 0.389 e. The van der Waals surface area contributed by atoms with Gasteiger partial charge in [0.1, 0.15) is 0 Å². The summed E-state index contributed by atoms with van der Waals surface area (Å²) in [5.74, 6) is 0.659. The van der Waals surface area contributed by atoms with Gasteiger partial charge in [0, 0.05) is 31.9 Å². The highest BCUT2D eigenvalue weighted by atomic mass is 127. The number of hydrogen-bond donors (Lipinski definition) is 1. The number of unbranched alkanes of at least 4 members (excludes halogenated alkanes) is 1. The zero-order chi connectivity index (χ0) is 15.9. The molecule has 0 aliphatic heterocycles. The predicted molar refractivity (Wildman–Crippen MR) is 97.5 cm³/mol. The number of alkyl halides is 3. The molecule has 3 nitrogen and oxygen atoms in total. The van der Waals surface area contributed by atoms with Crippen molar-refractivity contribution in [3.8, 4) is 0 Å². The van der Waals surface area contributed by atoms with Gasteiger partial charge in [0.05, 0.1) is 10.9 Å². The van der Waals surface area contributed by atoms with E-state index in [1.807, 2.05) is 24.1 Å². The molecule has 0 fully saturated rings. The third-order valence-electron chi connectivity index (χ3n) is 2.77. The zero-order valence-corrected chi connectivity index (χ0v) is 16.3. The molecular weight excluding hydrogens is 450 g/mol. The second-order valence-corrected chi connectivity index (χ2v) is 6.41. The first-order valence-electron chi connectivity index (χ1n) is 6.54. The molecule has 128 valence electrons. The van der Waals surface area contributed by atoms with Crippen LogP contribution in [0.15, 0.2) is 17.1 Å². The maximum absolute atomic E-state index is 12.0. The minimum Gasteiger partial charge on any atom is -0.356 e. The Morgan fingerprint density at radius 3 is 2.55 bits per heavy atom. The van der Waals surface area contributed by atoms with Gasteiger partial charge in [-0.15, -0.1) is 35.3 Å². The monoisotopic (exact) mass is 469 g/mol. The third kappa shape index (κ3) is 9.04. The maximum atomic E-state index is 12.0. The molecular formula is C13H20ClF3IN3S. The highest BCUT2D eigenvalue weighted by molar-refractivity contribution is 14.0. The number of guanidine groups is 1. The quantitative estimate of drug-likeness (QED) is 0.282. The second kappa shape index (κ2) is 10.5. The average molecular weight is 470 g/mol. The van der Waals surface area contributed by atoms with E-state index in [-0.39, 0.29) is 30.4 Å². The van der Waals surface area contributed by atoms with E-state index in [1.54, 1.807) is 7.05 Å². The van der Waals surface area contributed by atoms with Crippen molar-refractivity contribution in [3.05, 3.63) is 21.3 Å². The lowest BCUT2D eigenvalue weighted by molar-refractivity contribution is -0.135. The van der Waals surface area contributed by atoms with E-state index >= 15 is 0 Å². The summed E-state index contributed by atoms with van der Waals surface area (Å²) in [6.45, 7) is 1.12. The van der Waals surface area contributed by atoms with Gasteiger partial charge in [-0.3, -0.25) is 4.99 Å². The molecule has 1 aromatic heterocycles. The minimum absolute atomic E-state index is 0. The molecule has 0 unspecified atom stereocenters. The van der Waals surface area contributed by atoms with Crippen molar-refractivity contribution in [3.63, 3.8) is 0 Å². The maximum Gasteiger partial charge on any atom is 0.389 e. The van der Waals surface area contributed by atoms with Crippen LogP contribution in [-0.2, 0) is 6.54 Å². The molecule has 0 aliphatic carbocycles. The van der Waals surface area contributed by atoms with Gasteiger partial charge in [0.15, 0.2) is 5.96 Å². The molecule has 1 N–H and O–H groups in total. The molecule has 0 spiro atoms. The Hall–Kier alpha value is -0.220. The molecule has 0 saturated heterocycles. The normalized spacial score (nSPS) is 12.0. The van der Waals surface area contributed by atoms with Gasteiger partial charge < -0.3 is 10.2 Å². The summed E-state index contributed by atoms with van der Waals surface area (Å²) in [4.78, 5) is 7.13. The molecule has 0 aromatic carbocycles. The lowest BCUT2D eigenvalue weighted by Crippen LogP contribution is -2.38. The van der Waals surface area contributed by atoms with Crippen LogP contribution in [0.2, 0.25) is 4.34 Å². The molecule has 1 rings (SSSR count). The van der Waals surface area contributed by atoms with Crippen LogP contribution in [-0.4, -0.2) is 37.7 Å². The number of rotatable bonds is 6. The molecule has 1 heterocycles. The van der Waals surface area contributed by atoms with E-state index in [1.165, 1.54) is 11.3 Å². The summed E-state index contributed by atoms with van der Waals surface area (Å²) < 4.78 is 36.8. The van der Waals surface area contributed by atoms with Crippen LogP contribution < -0.4 is 5.32 Å². The van der Waals surface area contributed by atoms with Crippen LogP contribution in [0.25, 0.3) is 0 Å². The van der Waals surface area contributed by atoms with Crippen molar-refractivity contribution in [1.82, 2.24) is 10.2 Å². The van der Waals surface area contributed by atoms with E-state index in [0.29, 0.717) is 25.5 Å². The molecule has 0 amide bonds. The van der Waals surface area contributed by atoms with Gasteiger partial charge in [0.25, 0.3) is 0 Å². The number of thiophene rings is 1. The predicted octanol–water partition coefficient (Wildman–Crippen LogP) is 4.76.